The molecule has 4 rings (SSSR count). The first kappa shape index (κ1) is 16.6. The number of benzene rings is 3. The number of carbonyl (C=O) groups excluding carboxylic acids is 1. The van der Waals surface area contributed by atoms with Crippen molar-refractivity contribution in [3.63, 3.8) is 0 Å². The number of β-lactam (4-membered cyclic amide) rings is 1. The molecular weight excluding hydrogens is 442 g/mol. The maximum absolute atomic E-state index is 13.0. The quantitative estimate of drug-likeness (QED) is 0.437. The van der Waals surface area contributed by atoms with Gasteiger partial charge >= 0.3 is 0 Å². The van der Waals surface area contributed by atoms with Crippen molar-refractivity contribution in [1.29, 1.82) is 0 Å². The third-order valence-electron chi connectivity index (χ3n) is 4.57. The standard InChI is InChI=1S/C21H15Br2NO/c22-16-8-6-15(7-9-16)20-19(14-4-2-1-3-5-14)21(25)24(20)18-12-10-17(23)11-13-18/h1-13,19-20H/t19-,20-/m1/s1. The summed E-state index contributed by atoms with van der Waals surface area (Å²) in [5, 5.41) is 0. The molecule has 3 aromatic rings. The van der Waals surface area contributed by atoms with Crippen molar-refractivity contribution in [2.45, 2.75) is 12.0 Å². The van der Waals surface area contributed by atoms with Crippen LogP contribution in [0.1, 0.15) is 23.1 Å². The molecule has 1 heterocycles. The lowest BCUT2D eigenvalue weighted by molar-refractivity contribution is -0.126. The summed E-state index contributed by atoms with van der Waals surface area (Å²) in [4.78, 5) is 14.9. The molecule has 0 unspecified atom stereocenters. The molecule has 1 saturated heterocycles. The summed E-state index contributed by atoms with van der Waals surface area (Å²) >= 11 is 6.95. The van der Waals surface area contributed by atoms with Crippen LogP contribution >= 0.6 is 31.9 Å². The molecule has 0 aliphatic carbocycles. The maximum atomic E-state index is 13.0. The molecule has 1 fully saturated rings. The van der Waals surface area contributed by atoms with Crippen molar-refractivity contribution in [3.8, 4) is 0 Å². The maximum Gasteiger partial charge on any atom is 0.237 e. The normalized spacial score (nSPS) is 19.6. The van der Waals surface area contributed by atoms with E-state index in [-0.39, 0.29) is 17.9 Å². The zero-order chi connectivity index (χ0) is 17.4. The van der Waals surface area contributed by atoms with Crippen LogP contribution in [0.2, 0.25) is 0 Å². The lowest BCUT2D eigenvalue weighted by atomic mass is 9.77. The molecule has 0 spiro atoms. The van der Waals surface area contributed by atoms with Crippen molar-refractivity contribution in [1.82, 2.24) is 0 Å². The number of hydrogen-bond acceptors (Lipinski definition) is 1. The Labute approximate surface area is 163 Å². The second kappa shape index (κ2) is 6.77. The highest BCUT2D eigenvalue weighted by Gasteiger charge is 2.49. The third-order valence-corrected chi connectivity index (χ3v) is 5.63. The number of anilines is 1. The van der Waals surface area contributed by atoms with Crippen LogP contribution in [0.3, 0.4) is 0 Å². The van der Waals surface area contributed by atoms with E-state index in [1.54, 1.807) is 0 Å². The summed E-state index contributed by atoms with van der Waals surface area (Å²) in [5.41, 5.74) is 3.13. The molecule has 1 aliphatic heterocycles. The Morgan fingerprint density at radius 1 is 0.680 bits per heavy atom. The highest BCUT2D eigenvalue weighted by atomic mass is 79.9. The summed E-state index contributed by atoms with van der Waals surface area (Å²) in [5.74, 6) is -0.00698. The zero-order valence-corrected chi connectivity index (χ0v) is 16.4. The zero-order valence-electron chi connectivity index (χ0n) is 13.3. The average Bonchev–Trinajstić information content (AvgIpc) is 2.63. The molecule has 2 atom stereocenters. The van der Waals surface area contributed by atoms with Crippen LogP contribution in [0.5, 0.6) is 0 Å². The molecular formula is C21H15Br2NO. The van der Waals surface area contributed by atoms with Crippen molar-refractivity contribution < 1.29 is 4.79 Å². The highest BCUT2D eigenvalue weighted by molar-refractivity contribution is 9.10. The molecule has 0 N–H and O–H groups in total. The van der Waals surface area contributed by atoms with Gasteiger partial charge in [-0.1, -0.05) is 74.3 Å². The summed E-state index contributed by atoms with van der Waals surface area (Å²) in [6.45, 7) is 0. The van der Waals surface area contributed by atoms with E-state index in [1.807, 2.05) is 71.6 Å². The predicted molar refractivity (Wildman–Crippen MR) is 108 cm³/mol. The van der Waals surface area contributed by atoms with Crippen molar-refractivity contribution in [2.24, 2.45) is 0 Å². The van der Waals surface area contributed by atoms with Crippen LogP contribution in [0.25, 0.3) is 0 Å². The van der Waals surface area contributed by atoms with Gasteiger partial charge in [-0.25, -0.2) is 0 Å². The highest BCUT2D eigenvalue weighted by Crippen LogP contribution is 2.49. The van der Waals surface area contributed by atoms with Crippen LogP contribution in [0.15, 0.2) is 87.8 Å². The van der Waals surface area contributed by atoms with Gasteiger partial charge in [-0.15, -0.1) is 0 Å². The molecule has 124 valence electrons. The van der Waals surface area contributed by atoms with Crippen LogP contribution in [0, 0.1) is 0 Å². The second-order valence-corrected chi connectivity index (χ2v) is 7.90. The van der Waals surface area contributed by atoms with Crippen LogP contribution < -0.4 is 4.90 Å². The first-order valence-corrected chi connectivity index (χ1v) is 9.63. The molecule has 0 aromatic heterocycles. The summed E-state index contributed by atoms with van der Waals surface area (Å²) in [6.07, 6.45) is 0. The van der Waals surface area contributed by atoms with Crippen molar-refractivity contribution in [2.75, 3.05) is 4.90 Å². The minimum atomic E-state index is -0.147. The summed E-state index contributed by atoms with van der Waals surface area (Å²) < 4.78 is 2.04. The number of amides is 1. The van der Waals surface area contributed by atoms with Gasteiger partial charge in [-0.3, -0.25) is 4.79 Å². The van der Waals surface area contributed by atoms with Gasteiger partial charge < -0.3 is 4.90 Å². The lowest BCUT2D eigenvalue weighted by Crippen LogP contribution is -2.53. The van der Waals surface area contributed by atoms with E-state index in [2.05, 4.69) is 44.0 Å². The van der Waals surface area contributed by atoms with E-state index >= 15 is 0 Å². The molecule has 2 nitrogen and oxygen atoms in total. The van der Waals surface area contributed by atoms with E-state index in [9.17, 15) is 4.79 Å². The third kappa shape index (κ3) is 3.05. The monoisotopic (exact) mass is 455 g/mol. The molecule has 0 saturated carbocycles. The summed E-state index contributed by atoms with van der Waals surface area (Å²) in [7, 11) is 0. The fourth-order valence-electron chi connectivity index (χ4n) is 3.37. The minimum Gasteiger partial charge on any atom is -0.303 e. The van der Waals surface area contributed by atoms with E-state index in [0.29, 0.717) is 0 Å². The topological polar surface area (TPSA) is 20.3 Å². The van der Waals surface area contributed by atoms with Crippen LogP contribution in [-0.2, 0) is 4.79 Å². The SMILES string of the molecule is O=C1[C@H](c2ccccc2)[C@@H](c2ccc(Br)cc2)N1c1ccc(Br)cc1. The fraction of sp³-hybridized carbons (Fsp3) is 0.0952. The van der Waals surface area contributed by atoms with Gasteiger partial charge in [0.2, 0.25) is 5.91 Å². The number of rotatable bonds is 3. The molecule has 4 heteroatoms. The smallest absolute Gasteiger partial charge is 0.237 e. The van der Waals surface area contributed by atoms with Crippen LogP contribution in [0.4, 0.5) is 5.69 Å². The minimum absolute atomic E-state index is 0.00387. The summed E-state index contributed by atoms with van der Waals surface area (Å²) in [6, 6.07) is 26.2. The number of halogens is 2. The first-order chi connectivity index (χ1) is 12.1. The van der Waals surface area contributed by atoms with Crippen LogP contribution in [-0.4, -0.2) is 5.91 Å². The number of hydrogen-bond donors (Lipinski definition) is 0. The van der Waals surface area contributed by atoms with Gasteiger partial charge in [0.05, 0.1) is 12.0 Å². The van der Waals surface area contributed by atoms with Gasteiger partial charge in [-0.2, -0.15) is 0 Å². The Hall–Kier alpha value is -1.91. The molecule has 1 amide bonds. The van der Waals surface area contributed by atoms with Gasteiger partial charge in [0.1, 0.15) is 0 Å². The van der Waals surface area contributed by atoms with Gasteiger partial charge in [0, 0.05) is 14.6 Å². The van der Waals surface area contributed by atoms with Gasteiger partial charge in [0.15, 0.2) is 0 Å². The molecule has 3 aromatic carbocycles. The second-order valence-electron chi connectivity index (χ2n) is 6.07. The number of nitrogens with zero attached hydrogens (tertiary/aromatic N) is 1. The first-order valence-electron chi connectivity index (χ1n) is 8.04. The van der Waals surface area contributed by atoms with E-state index in [1.165, 1.54) is 0 Å². The predicted octanol–water partition coefficient (Wildman–Crippen LogP) is 6.08. The molecule has 1 aliphatic rings. The largest absolute Gasteiger partial charge is 0.303 e. The van der Waals surface area contributed by atoms with Gasteiger partial charge in [-0.05, 0) is 47.5 Å². The molecule has 25 heavy (non-hydrogen) atoms. The molecule has 0 bridgehead atoms. The van der Waals surface area contributed by atoms with E-state index < -0.39 is 0 Å². The van der Waals surface area contributed by atoms with Crippen molar-refractivity contribution in [3.05, 3.63) is 98.9 Å². The Kier molecular flexibility index (Phi) is 4.48. The Bertz CT molecular complexity index is 891. The molecule has 0 radical (unpaired) electrons. The Morgan fingerprint density at radius 3 is 1.84 bits per heavy atom. The van der Waals surface area contributed by atoms with Gasteiger partial charge in [0.25, 0.3) is 0 Å². The Morgan fingerprint density at radius 2 is 1.24 bits per heavy atom. The Balaban J connectivity index is 1.77. The average molecular weight is 457 g/mol. The lowest BCUT2D eigenvalue weighted by Gasteiger charge is -2.47. The van der Waals surface area contributed by atoms with E-state index in [4.69, 9.17) is 0 Å². The van der Waals surface area contributed by atoms with E-state index in [0.717, 1.165) is 25.8 Å². The van der Waals surface area contributed by atoms with Crippen molar-refractivity contribution >= 4 is 43.5 Å². The number of carbonyl (C=O) groups is 1. The fourth-order valence-corrected chi connectivity index (χ4v) is 3.89.